The van der Waals surface area contributed by atoms with Gasteiger partial charge >= 0.3 is 0 Å². The van der Waals surface area contributed by atoms with Crippen molar-refractivity contribution in [2.45, 2.75) is 34.8 Å². The fourth-order valence-corrected chi connectivity index (χ4v) is 5.58. The summed E-state index contributed by atoms with van der Waals surface area (Å²) in [6, 6.07) is 18.4. The summed E-state index contributed by atoms with van der Waals surface area (Å²) in [5.41, 5.74) is 1.94. The molecule has 1 aliphatic carbocycles. The number of carbonyl (C=O) groups excluding carboxylic acids is 1. The van der Waals surface area contributed by atoms with E-state index in [-0.39, 0.29) is 5.91 Å². The Balaban J connectivity index is 1.19. The van der Waals surface area contributed by atoms with Crippen molar-refractivity contribution in [1.29, 1.82) is 0 Å². The zero-order valence-corrected chi connectivity index (χ0v) is 19.6. The number of carbonyl (C=O) groups is 1. The average molecular weight is 480 g/mol. The van der Waals surface area contributed by atoms with Gasteiger partial charge in [0.15, 0.2) is 11.0 Å². The molecule has 0 radical (unpaired) electrons. The number of benzene rings is 1. The van der Waals surface area contributed by atoms with Crippen LogP contribution in [0.25, 0.3) is 10.7 Å². The average Bonchev–Trinajstić information content (AvgIpc) is 3.33. The maximum Gasteiger partial charge on any atom is 0.234 e. The number of nitrogens with zero attached hydrogens (tertiary/aromatic N) is 4. The summed E-state index contributed by atoms with van der Waals surface area (Å²) in [5.74, 6) is 1.95. The molecule has 32 heavy (non-hydrogen) atoms. The van der Waals surface area contributed by atoms with Gasteiger partial charge in [-0.3, -0.25) is 9.36 Å². The molecule has 1 aromatic carbocycles. The van der Waals surface area contributed by atoms with Crippen molar-refractivity contribution in [3.8, 4) is 10.7 Å². The van der Waals surface area contributed by atoms with Crippen LogP contribution in [0, 0.1) is 0 Å². The minimum Gasteiger partial charge on any atom is -0.325 e. The number of thioether (sulfide) groups is 2. The van der Waals surface area contributed by atoms with Gasteiger partial charge in [-0.1, -0.05) is 36.0 Å². The van der Waals surface area contributed by atoms with E-state index in [2.05, 4.69) is 37.2 Å². The highest BCUT2D eigenvalue weighted by atomic mass is 32.2. The molecular weight excluding hydrogens is 458 g/mol. The summed E-state index contributed by atoms with van der Waals surface area (Å²) in [6.07, 6.45) is 4.07. The minimum atomic E-state index is -0.0486. The largest absolute Gasteiger partial charge is 0.325 e. The molecule has 6 nitrogen and oxygen atoms in total. The Hall–Kier alpha value is -2.62. The molecule has 1 aliphatic rings. The second-order valence-electron chi connectivity index (χ2n) is 7.38. The van der Waals surface area contributed by atoms with Crippen LogP contribution in [-0.2, 0) is 10.5 Å². The molecular formula is C23H21N5OS3. The summed E-state index contributed by atoms with van der Waals surface area (Å²) >= 11 is 4.78. The first-order valence-electron chi connectivity index (χ1n) is 10.3. The molecule has 1 N–H and O–H groups in total. The molecule has 1 fully saturated rings. The van der Waals surface area contributed by atoms with Crippen molar-refractivity contribution < 1.29 is 4.79 Å². The van der Waals surface area contributed by atoms with E-state index in [4.69, 9.17) is 0 Å². The third-order valence-corrected chi connectivity index (χ3v) is 7.71. The number of rotatable bonds is 9. The molecule has 0 unspecified atom stereocenters. The van der Waals surface area contributed by atoms with E-state index < -0.39 is 0 Å². The first kappa shape index (κ1) is 21.2. The molecule has 9 heteroatoms. The number of hydrogen-bond acceptors (Lipinski definition) is 7. The van der Waals surface area contributed by atoms with Crippen molar-refractivity contribution >= 4 is 46.5 Å². The van der Waals surface area contributed by atoms with Gasteiger partial charge in [-0.05, 0) is 54.1 Å². The SMILES string of the molecule is O=C(CSc1nnc(-c2cccs2)n1C1CC1)Nc1cccc(CSc2ccccn2)c1. The zero-order chi connectivity index (χ0) is 21.8. The van der Waals surface area contributed by atoms with Crippen molar-refractivity contribution in [3.05, 3.63) is 71.7 Å². The van der Waals surface area contributed by atoms with E-state index in [9.17, 15) is 4.79 Å². The molecule has 5 rings (SSSR count). The Morgan fingerprint density at radius 2 is 2.03 bits per heavy atom. The van der Waals surface area contributed by atoms with Gasteiger partial charge in [-0.25, -0.2) is 4.98 Å². The first-order chi connectivity index (χ1) is 15.8. The van der Waals surface area contributed by atoms with Crippen molar-refractivity contribution in [3.63, 3.8) is 0 Å². The molecule has 162 valence electrons. The molecule has 0 aliphatic heterocycles. The van der Waals surface area contributed by atoms with Crippen LogP contribution in [0.15, 0.2) is 76.4 Å². The van der Waals surface area contributed by atoms with E-state index in [0.29, 0.717) is 11.8 Å². The van der Waals surface area contributed by atoms with Gasteiger partial charge in [0, 0.05) is 23.7 Å². The highest BCUT2D eigenvalue weighted by Crippen LogP contribution is 2.41. The third kappa shape index (κ3) is 5.23. The number of aromatic nitrogens is 4. The lowest BCUT2D eigenvalue weighted by molar-refractivity contribution is -0.113. The number of amides is 1. The van der Waals surface area contributed by atoms with E-state index in [1.54, 1.807) is 29.3 Å². The molecule has 4 aromatic rings. The Labute approximate surface area is 198 Å². The quantitative estimate of drug-likeness (QED) is 0.308. The predicted molar refractivity (Wildman–Crippen MR) is 131 cm³/mol. The first-order valence-corrected chi connectivity index (χ1v) is 13.2. The highest BCUT2D eigenvalue weighted by molar-refractivity contribution is 7.99. The zero-order valence-electron chi connectivity index (χ0n) is 17.2. The van der Waals surface area contributed by atoms with Gasteiger partial charge < -0.3 is 5.32 Å². The highest BCUT2D eigenvalue weighted by Gasteiger charge is 2.30. The van der Waals surface area contributed by atoms with Gasteiger partial charge in [-0.2, -0.15) is 0 Å². The molecule has 0 bridgehead atoms. The summed E-state index contributed by atoms with van der Waals surface area (Å²) in [4.78, 5) is 18.1. The Morgan fingerprint density at radius 1 is 1.09 bits per heavy atom. The number of anilines is 1. The van der Waals surface area contributed by atoms with Gasteiger partial charge in [0.2, 0.25) is 5.91 Å². The van der Waals surface area contributed by atoms with Crippen LogP contribution in [0.3, 0.4) is 0 Å². The standard InChI is InChI=1S/C23H21N5OS3/c29-20(25-17-6-3-5-16(13-17)14-31-21-8-1-2-11-24-21)15-32-23-27-26-22(19-7-4-12-30-19)28(23)18-9-10-18/h1-8,11-13,18H,9-10,14-15H2,(H,25,29). The monoisotopic (exact) mass is 479 g/mol. The molecule has 3 aromatic heterocycles. The Morgan fingerprint density at radius 3 is 2.81 bits per heavy atom. The second kappa shape index (κ2) is 9.89. The van der Waals surface area contributed by atoms with Crippen LogP contribution < -0.4 is 5.32 Å². The maximum atomic E-state index is 12.6. The number of thiophene rings is 1. The van der Waals surface area contributed by atoms with Crippen molar-refractivity contribution in [1.82, 2.24) is 19.7 Å². The fraction of sp³-hybridized carbons (Fsp3) is 0.217. The molecule has 1 amide bonds. The number of nitrogens with one attached hydrogen (secondary N) is 1. The lowest BCUT2D eigenvalue weighted by Crippen LogP contribution is -2.14. The van der Waals surface area contributed by atoms with Crippen LogP contribution in [0.5, 0.6) is 0 Å². The van der Waals surface area contributed by atoms with Gasteiger partial charge in [0.25, 0.3) is 0 Å². The van der Waals surface area contributed by atoms with E-state index in [1.807, 2.05) is 47.8 Å². The molecule has 0 saturated heterocycles. The topological polar surface area (TPSA) is 72.7 Å². The lowest BCUT2D eigenvalue weighted by Gasteiger charge is -2.09. The molecule has 0 atom stereocenters. The number of hydrogen-bond donors (Lipinski definition) is 1. The second-order valence-corrected chi connectivity index (χ2v) is 10.3. The predicted octanol–water partition coefficient (Wildman–Crippen LogP) is 5.76. The van der Waals surface area contributed by atoms with E-state index in [1.165, 1.54) is 11.8 Å². The molecule has 3 heterocycles. The molecule has 1 saturated carbocycles. The van der Waals surface area contributed by atoms with Crippen molar-refractivity contribution in [2.24, 2.45) is 0 Å². The Kier molecular flexibility index (Phi) is 6.56. The third-order valence-electron chi connectivity index (χ3n) is 4.89. The number of pyridine rings is 1. The maximum absolute atomic E-state index is 12.6. The molecule has 0 spiro atoms. The summed E-state index contributed by atoms with van der Waals surface area (Å²) in [5, 5.41) is 15.6. The van der Waals surface area contributed by atoms with Crippen LogP contribution in [0.1, 0.15) is 24.4 Å². The van der Waals surface area contributed by atoms with Crippen LogP contribution in [0.4, 0.5) is 5.69 Å². The van der Waals surface area contributed by atoms with E-state index in [0.717, 1.165) is 50.7 Å². The lowest BCUT2D eigenvalue weighted by atomic mass is 10.2. The minimum absolute atomic E-state index is 0.0486. The summed E-state index contributed by atoms with van der Waals surface area (Å²) in [7, 11) is 0. The van der Waals surface area contributed by atoms with Gasteiger partial charge in [0.1, 0.15) is 0 Å². The van der Waals surface area contributed by atoms with Gasteiger partial charge in [-0.15, -0.1) is 33.3 Å². The Bertz CT molecular complexity index is 1190. The van der Waals surface area contributed by atoms with Crippen LogP contribution >= 0.6 is 34.9 Å². The van der Waals surface area contributed by atoms with Crippen LogP contribution in [-0.4, -0.2) is 31.4 Å². The summed E-state index contributed by atoms with van der Waals surface area (Å²) < 4.78 is 2.19. The summed E-state index contributed by atoms with van der Waals surface area (Å²) in [6.45, 7) is 0. The fourth-order valence-electron chi connectivity index (χ4n) is 3.27. The van der Waals surface area contributed by atoms with Crippen molar-refractivity contribution in [2.75, 3.05) is 11.1 Å². The van der Waals surface area contributed by atoms with E-state index >= 15 is 0 Å². The smallest absolute Gasteiger partial charge is 0.234 e. The van der Waals surface area contributed by atoms with Crippen LogP contribution in [0.2, 0.25) is 0 Å². The van der Waals surface area contributed by atoms with Gasteiger partial charge in [0.05, 0.1) is 15.7 Å². The normalized spacial score (nSPS) is 13.2.